The Bertz CT molecular complexity index is 431. The van der Waals surface area contributed by atoms with Crippen LogP contribution in [0.2, 0.25) is 0 Å². The van der Waals surface area contributed by atoms with Crippen LogP contribution >= 0.6 is 0 Å². The molecule has 0 heterocycles. The van der Waals surface area contributed by atoms with Crippen LogP contribution in [0.15, 0.2) is 42.5 Å². The van der Waals surface area contributed by atoms with Crippen molar-refractivity contribution in [1.82, 2.24) is 5.32 Å². The summed E-state index contributed by atoms with van der Waals surface area (Å²) in [4.78, 5) is 11.8. The largest absolute Gasteiger partial charge is 0.412 e. The molecular weight excluding hydrogens is 240 g/mol. The predicted octanol–water partition coefficient (Wildman–Crippen LogP) is 2.60. The predicted molar refractivity (Wildman–Crippen MR) is 75.0 cm³/mol. The topological polar surface area (TPSA) is 64.3 Å². The summed E-state index contributed by atoms with van der Waals surface area (Å²) in [7, 11) is 0. The Morgan fingerprint density at radius 3 is 2.84 bits per heavy atom. The van der Waals surface area contributed by atoms with E-state index in [1.165, 1.54) is 0 Å². The molecule has 2 rings (SSSR count). The van der Waals surface area contributed by atoms with Crippen molar-refractivity contribution in [2.45, 2.75) is 37.8 Å². The number of hydrogen-bond donors (Lipinski definition) is 2. The number of carbonyl (C=O) groups excluding carboxylic acids is 1. The number of allylic oxidation sites excluding steroid dienone is 1. The molecule has 4 heteroatoms. The molecule has 0 aromatic heterocycles. The second-order valence-corrected chi connectivity index (χ2v) is 4.74. The van der Waals surface area contributed by atoms with E-state index in [1.54, 1.807) is 12.1 Å². The number of carbonyl (C=O) groups is 1. The van der Waals surface area contributed by atoms with Crippen LogP contribution < -0.4 is 15.8 Å². The minimum absolute atomic E-state index is 0.0623. The van der Waals surface area contributed by atoms with E-state index in [4.69, 9.17) is 10.5 Å². The lowest BCUT2D eigenvalue weighted by Crippen LogP contribution is -2.47. The molecular formula is C15H20N2O2. The van der Waals surface area contributed by atoms with Crippen molar-refractivity contribution in [1.29, 1.82) is 0 Å². The lowest BCUT2D eigenvalue weighted by molar-refractivity contribution is 0.193. The molecule has 2 unspecified atom stereocenters. The van der Waals surface area contributed by atoms with E-state index < -0.39 is 6.09 Å². The second-order valence-electron chi connectivity index (χ2n) is 4.74. The van der Waals surface area contributed by atoms with Crippen LogP contribution in [0.4, 0.5) is 4.79 Å². The summed E-state index contributed by atoms with van der Waals surface area (Å²) in [6.45, 7) is 0. The summed E-state index contributed by atoms with van der Waals surface area (Å²) in [5.74, 6) is 0.537. The Balaban J connectivity index is 1.90. The normalized spacial score (nSPS) is 24.9. The highest BCUT2D eigenvalue weighted by Crippen LogP contribution is 2.13. The molecule has 3 N–H and O–H groups in total. The molecule has 0 bridgehead atoms. The maximum atomic E-state index is 11.8. The molecule has 0 aliphatic heterocycles. The summed E-state index contributed by atoms with van der Waals surface area (Å²) in [6.07, 6.45) is 7.75. The average molecular weight is 260 g/mol. The number of amides is 1. The maximum Gasteiger partial charge on any atom is 0.412 e. The van der Waals surface area contributed by atoms with E-state index in [9.17, 15) is 4.79 Å². The first-order chi connectivity index (χ1) is 9.25. The van der Waals surface area contributed by atoms with E-state index in [-0.39, 0.29) is 12.1 Å². The molecule has 19 heavy (non-hydrogen) atoms. The van der Waals surface area contributed by atoms with Gasteiger partial charge in [-0.2, -0.15) is 0 Å². The molecule has 1 amide bonds. The number of hydrogen-bond acceptors (Lipinski definition) is 3. The standard InChI is InChI=1S/C15H20N2O2/c16-13-10-6-1-2-7-11-14(13)17-15(18)19-12-8-4-3-5-9-12/h3-6,8-10,13-14H,1-2,7,11,16H2,(H,17,18)/b10-6-. The molecule has 0 saturated carbocycles. The number of benzene rings is 1. The van der Waals surface area contributed by atoms with Gasteiger partial charge in [0.25, 0.3) is 0 Å². The van der Waals surface area contributed by atoms with Gasteiger partial charge in [0, 0.05) is 6.04 Å². The Labute approximate surface area is 113 Å². The zero-order valence-electron chi connectivity index (χ0n) is 10.9. The van der Waals surface area contributed by atoms with E-state index in [2.05, 4.69) is 11.4 Å². The van der Waals surface area contributed by atoms with Crippen LogP contribution in [0, 0.1) is 0 Å². The fraction of sp³-hybridized carbons (Fsp3) is 0.400. The number of rotatable bonds is 2. The van der Waals surface area contributed by atoms with Crippen molar-refractivity contribution in [2.75, 3.05) is 0 Å². The number of nitrogens with two attached hydrogens (primary N) is 1. The quantitative estimate of drug-likeness (QED) is 0.803. The Kier molecular flexibility index (Phi) is 4.98. The fourth-order valence-corrected chi connectivity index (χ4v) is 2.15. The Hall–Kier alpha value is -1.81. The monoisotopic (exact) mass is 260 g/mol. The van der Waals surface area contributed by atoms with Crippen molar-refractivity contribution in [2.24, 2.45) is 5.73 Å². The molecule has 1 aromatic carbocycles. The molecule has 1 aromatic rings. The smallest absolute Gasteiger partial charge is 0.410 e. The third-order valence-electron chi connectivity index (χ3n) is 3.22. The SMILES string of the molecule is NC1/C=C\CCCCC1NC(=O)Oc1ccccc1. The first kappa shape index (κ1) is 13.6. The third-order valence-corrected chi connectivity index (χ3v) is 3.22. The Morgan fingerprint density at radius 2 is 2.05 bits per heavy atom. The minimum Gasteiger partial charge on any atom is -0.410 e. The Morgan fingerprint density at radius 1 is 1.26 bits per heavy atom. The van der Waals surface area contributed by atoms with Crippen molar-refractivity contribution in [3.05, 3.63) is 42.5 Å². The van der Waals surface area contributed by atoms with Crippen molar-refractivity contribution >= 4 is 6.09 Å². The van der Waals surface area contributed by atoms with Crippen molar-refractivity contribution in [3.8, 4) is 5.75 Å². The lowest BCUT2D eigenvalue weighted by Gasteiger charge is -2.23. The van der Waals surface area contributed by atoms with Gasteiger partial charge in [0.05, 0.1) is 6.04 Å². The molecule has 0 saturated heterocycles. The molecule has 4 nitrogen and oxygen atoms in total. The van der Waals surface area contributed by atoms with E-state index in [0.29, 0.717) is 5.75 Å². The lowest BCUT2D eigenvalue weighted by atomic mass is 9.98. The highest BCUT2D eigenvalue weighted by atomic mass is 16.6. The van der Waals surface area contributed by atoms with Crippen molar-refractivity contribution < 1.29 is 9.53 Å². The summed E-state index contributed by atoms with van der Waals surface area (Å²) < 4.78 is 5.21. The molecule has 2 atom stereocenters. The number of para-hydroxylation sites is 1. The molecule has 1 aliphatic rings. The van der Waals surface area contributed by atoms with Crippen LogP contribution in [0.1, 0.15) is 25.7 Å². The maximum absolute atomic E-state index is 11.8. The zero-order valence-corrected chi connectivity index (χ0v) is 10.9. The molecule has 0 fully saturated rings. The average Bonchev–Trinajstić information content (AvgIpc) is 2.40. The van der Waals surface area contributed by atoms with Gasteiger partial charge < -0.3 is 15.8 Å². The van der Waals surface area contributed by atoms with Gasteiger partial charge in [0.15, 0.2) is 0 Å². The highest BCUT2D eigenvalue weighted by molar-refractivity contribution is 5.70. The van der Waals surface area contributed by atoms with Gasteiger partial charge in [0.2, 0.25) is 0 Å². The zero-order chi connectivity index (χ0) is 13.5. The van der Waals surface area contributed by atoms with E-state index in [0.717, 1.165) is 25.7 Å². The third kappa shape index (κ3) is 4.41. The summed E-state index contributed by atoms with van der Waals surface area (Å²) in [5, 5.41) is 2.85. The number of ether oxygens (including phenoxy) is 1. The van der Waals surface area contributed by atoms with Gasteiger partial charge in [-0.05, 0) is 31.4 Å². The van der Waals surface area contributed by atoms with Gasteiger partial charge in [-0.25, -0.2) is 4.79 Å². The van der Waals surface area contributed by atoms with Crippen LogP contribution in [0.3, 0.4) is 0 Å². The minimum atomic E-state index is -0.444. The van der Waals surface area contributed by atoms with E-state index >= 15 is 0 Å². The van der Waals surface area contributed by atoms with Gasteiger partial charge in [-0.15, -0.1) is 0 Å². The number of nitrogens with one attached hydrogen (secondary N) is 1. The molecule has 0 radical (unpaired) electrons. The second kappa shape index (κ2) is 6.95. The van der Waals surface area contributed by atoms with Crippen LogP contribution in [0.5, 0.6) is 5.75 Å². The first-order valence-corrected chi connectivity index (χ1v) is 6.71. The molecule has 0 spiro atoms. The highest BCUT2D eigenvalue weighted by Gasteiger charge is 2.19. The van der Waals surface area contributed by atoms with Gasteiger partial charge in [-0.3, -0.25) is 0 Å². The molecule has 1 aliphatic carbocycles. The van der Waals surface area contributed by atoms with Gasteiger partial charge in [-0.1, -0.05) is 36.8 Å². The van der Waals surface area contributed by atoms with Crippen molar-refractivity contribution in [3.63, 3.8) is 0 Å². The summed E-state index contributed by atoms with van der Waals surface area (Å²) >= 11 is 0. The molecule has 102 valence electrons. The van der Waals surface area contributed by atoms with Gasteiger partial charge >= 0.3 is 6.09 Å². The van der Waals surface area contributed by atoms with Crippen LogP contribution in [-0.4, -0.2) is 18.2 Å². The fourth-order valence-electron chi connectivity index (χ4n) is 2.15. The summed E-state index contributed by atoms with van der Waals surface area (Å²) in [6, 6.07) is 8.81. The van der Waals surface area contributed by atoms with Crippen LogP contribution in [0.25, 0.3) is 0 Å². The first-order valence-electron chi connectivity index (χ1n) is 6.71. The van der Waals surface area contributed by atoms with E-state index in [1.807, 2.05) is 24.3 Å². The van der Waals surface area contributed by atoms with Crippen LogP contribution in [-0.2, 0) is 0 Å². The summed E-state index contributed by atoms with van der Waals surface area (Å²) in [5.41, 5.74) is 6.03. The van der Waals surface area contributed by atoms with Gasteiger partial charge in [0.1, 0.15) is 5.75 Å².